The number of nitrogens with zero attached hydrogens (tertiary/aromatic N) is 2. The molecule has 0 amide bonds. The minimum absolute atomic E-state index is 0.147. The van der Waals surface area contributed by atoms with Gasteiger partial charge < -0.3 is 9.64 Å². The topological polar surface area (TPSA) is 36.3 Å². The largest absolute Gasteiger partial charge is 0.489 e. The van der Waals surface area contributed by atoms with Gasteiger partial charge in [-0.3, -0.25) is 0 Å². The van der Waals surface area contributed by atoms with E-state index in [1.165, 1.54) is 0 Å². The van der Waals surface area contributed by atoms with Crippen molar-refractivity contribution >= 4 is 15.9 Å². The summed E-state index contributed by atoms with van der Waals surface area (Å²) < 4.78 is 6.87. The average molecular weight is 311 g/mol. The van der Waals surface area contributed by atoms with Gasteiger partial charge in [0, 0.05) is 11.0 Å². The van der Waals surface area contributed by atoms with Gasteiger partial charge in [-0.15, -0.1) is 0 Å². The maximum atomic E-state index is 9.06. The molecular formula is C14H19BrN2O. The molecule has 0 spiro atoms. The van der Waals surface area contributed by atoms with Gasteiger partial charge in [0.15, 0.2) is 0 Å². The first-order chi connectivity index (χ1) is 8.56. The van der Waals surface area contributed by atoms with Crippen molar-refractivity contribution in [2.45, 2.75) is 25.9 Å². The zero-order valence-corrected chi connectivity index (χ0v) is 12.7. The molecule has 0 N–H and O–H groups in total. The van der Waals surface area contributed by atoms with Gasteiger partial charge in [-0.2, -0.15) is 5.26 Å². The first kappa shape index (κ1) is 15.0. The Labute approximate surface area is 117 Å². The van der Waals surface area contributed by atoms with E-state index in [2.05, 4.69) is 33.8 Å². The normalized spacial score (nSPS) is 12.2. The summed E-state index contributed by atoms with van der Waals surface area (Å²) in [6.07, 6.45) is 2.04. The van der Waals surface area contributed by atoms with E-state index in [1.54, 1.807) is 6.07 Å². The predicted molar refractivity (Wildman–Crippen MR) is 76.7 cm³/mol. The molecule has 1 rings (SSSR count). The number of benzene rings is 1. The van der Waals surface area contributed by atoms with Crippen LogP contribution in [-0.4, -0.2) is 31.6 Å². The molecule has 1 aromatic carbocycles. The van der Waals surface area contributed by atoms with Crippen molar-refractivity contribution in [3.8, 4) is 11.8 Å². The van der Waals surface area contributed by atoms with Gasteiger partial charge in [-0.05, 0) is 45.1 Å². The third-order valence-electron chi connectivity index (χ3n) is 2.71. The lowest BCUT2D eigenvalue weighted by Crippen LogP contribution is -2.23. The molecular weight excluding hydrogens is 292 g/mol. The summed E-state index contributed by atoms with van der Waals surface area (Å²) >= 11 is 3.40. The average Bonchev–Trinajstić information content (AvgIpc) is 2.34. The third kappa shape index (κ3) is 4.67. The number of nitriles is 1. The fraction of sp³-hybridized carbons (Fsp3) is 0.500. The van der Waals surface area contributed by atoms with Crippen molar-refractivity contribution in [2.75, 3.05) is 20.6 Å². The van der Waals surface area contributed by atoms with Gasteiger partial charge in [0.05, 0.1) is 11.7 Å². The van der Waals surface area contributed by atoms with Crippen molar-refractivity contribution in [3.05, 3.63) is 28.2 Å². The third-order valence-corrected chi connectivity index (χ3v) is 3.20. The molecule has 0 fully saturated rings. The van der Waals surface area contributed by atoms with Crippen LogP contribution in [0.1, 0.15) is 25.3 Å². The predicted octanol–water partition coefficient (Wildman–Crippen LogP) is 3.43. The quantitative estimate of drug-likeness (QED) is 0.807. The number of hydrogen-bond donors (Lipinski definition) is 0. The highest BCUT2D eigenvalue weighted by molar-refractivity contribution is 9.10. The van der Waals surface area contributed by atoms with Crippen LogP contribution in [0, 0.1) is 11.3 Å². The first-order valence-corrected chi connectivity index (χ1v) is 6.87. The molecule has 0 saturated carbocycles. The number of rotatable bonds is 6. The molecule has 1 aromatic rings. The van der Waals surface area contributed by atoms with Gasteiger partial charge >= 0.3 is 0 Å². The van der Waals surface area contributed by atoms with Gasteiger partial charge in [-0.1, -0.05) is 22.9 Å². The summed E-state index contributed by atoms with van der Waals surface area (Å²) in [5, 5.41) is 9.06. The molecule has 0 aliphatic heterocycles. The van der Waals surface area contributed by atoms with Crippen LogP contribution in [0.2, 0.25) is 0 Å². The van der Waals surface area contributed by atoms with E-state index < -0.39 is 0 Å². The van der Waals surface area contributed by atoms with E-state index in [0.29, 0.717) is 11.3 Å². The van der Waals surface area contributed by atoms with E-state index in [-0.39, 0.29) is 6.10 Å². The number of halogens is 1. The Balaban J connectivity index is 2.75. The molecule has 1 atom stereocenters. The molecule has 0 heterocycles. The standard InChI is InChI=1S/C14H19BrN2O/c1-4-13(7-8-17(2)3)18-14-9-12(15)6-5-11(14)10-16/h5-6,9,13H,4,7-8H2,1-3H3. The Morgan fingerprint density at radius 3 is 2.72 bits per heavy atom. The molecule has 3 nitrogen and oxygen atoms in total. The molecule has 18 heavy (non-hydrogen) atoms. The van der Waals surface area contributed by atoms with Crippen molar-refractivity contribution < 1.29 is 4.74 Å². The van der Waals surface area contributed by atoms with Gasteiger partial charge in [0.1, 0.15) is 11.8 Å². The van der Waals surface area contributed by atoms with E-state index >= 15 is 0 Å². The van der Waals surface area contributed by atoms with E-state index in [9.17, 15) is 0 Å². The van der Waals surface area contributed by atoms with Gasteiger partial charge in [0.25, 0.3) is 0 Å². The Hall–Kier alpha value is -1.05. The van der Waals surface area contributed by atoms with Gasteiger partial charge in [-0.25, -0.2) is 0 Å². The fourth-order valence-electron chi connectivity index (χ4n) is 1.61. The minimum Gasteiger partial charge on any atom is -0.489 e. The molecule has 0 aromatic heterocycles. The molecule has 0 bridgehead atoms. The summed E-state index contributed by atoms with van der Waals surface area (Å²) in [6, 6.07) is 7.65. The Bertz CT molecular complexity index is 426. The Kier molecular flexibility index (Phi) is 6.17. The van der Waals surface area contributed by atoms with E-state index in [4.69, 9.17) is 10.00 Å². The van der Waals surface area contributed by atoms with Crippen LogP contribution < -0.4 is 4.74 Å². The van der Waals surface area contributed by atoms with Crippen LogP contribution in [0.3, 0.4) is 0 Å². The lowest BCUT2D eigenvalue weighted by atomic mass is 10.1. The molecule has 0 aliphatic carbocycles. The summed E-state index contributed by atoms with van der Waals surface area (Å²) in [5.41, 5.74) is 0.585. The van der Waals surface area contributed by atoms with Crippen molar-refractivity contribution in [1.82, 2.24) is 4.90 Å². The van der Waals surface area contributed by atoms with Crippen LogP contribution in [0.5, 0.6) is 5.75 Å². The summed E-state index contributed by atoms with van der Waals surface area (Å²) in [7, 11) is 4.10. The van der Waals surface area contributed by atoms with Crippen LogP contribution in [0.4, 0.5) is 0 Å². The lowest BCUT2D eigenvalue weighted by Gasteiger charge is -2.20. The second kappa shape index (κ2) is 7.40. The maximum Gasteiger partial charge on any atom is 0.138 e. The smallest absolute Gasteiger partial charge is 0.138 e. The van der Waals surface area contributed by atoms with Crippen molar-refractivity contribution in [3.63, 3.8) is 0 Å². The summed E-state index contributed by atoms with van der Waals surface area (Å²) in [4.78, 5) is 2.14. The van der Waals surface area contributed by atoms with Crippen molar-refractivity contribution in [2.24, 2.45) is 0 Å². The monoisotopic (exact) mass is 310 g/mol. The maximum absolute atomic E-state index is 9.06. The molecule has 0 aliphatic rings. The minimum atomic E-state index is 0.147. The lowest BCUT2D eigenvalue weighted by molar-refractivity contribution is 0.172. The van der Waals surface area contributed by atoms with Crippen LogP contribution >= 0.6 is 15.9 Å². The highest BCUT2D eigenvalue weighted by Gasteiger charge is 2.12. The summed E-state index contributed by atoms with van der Waals surface area (Å²) in [6.45, 7) is 3.08. The summed E-state index contributed by atoms with van der Waals surface area (Å²) in [5.74, 6) is 0.664. The Morgan fingerprint density at radius 2 is 2.17 bits per heavy atom. The van der Waals surface area contributed by atoms with E-state index in [0.717, 1.165) is 23.9 Å². The highest BCUT2D eigenvalue weighted by atomic mass is 79.9. The molecule has 98 valence electrons. The molecule has 1 unspecified atom stereocenters. The highest BCUT2D eigenvalue weighted by Crippen LogP contribution is 2.25. The second-order valence-corrected chi connectivity index (χ2v) is 5.41. The molecule has 0 saturated heterocycles. The van der Waals surface area contributed by atoms with Gasteiger partial charge in [0.2, 0.25) is 0 Å². The van der Waals surface area contributed by atoms with E-state index in [1.807, 2.05) is 26.2 Å². The molecule has 4 heteroatoms. The van der Waals surface area contributed by atoms with Crippen LogP contribution in [-0.2, 0) is 0 Å². The Morgan fingerprint density at radius 1 is 1.44 bits per heavy atom. The number of hydrogen-bond acceptors (Lipinski definition) is 3. The van der Waals surface area contributed by atoms with Crippen LogP contribution in [0.25, 0.3) is 0 Å². The zero-order valence-electron chi connectivity index (χ0n) is 11.1. The van der Waals surface area contributed by atoms with Crippen molar-refractivity contribution in [1.29, 1.82) is 5.26 Å². The van der Waals surface area contributed by atoms with Crippen LogP contribution in [0.15, 0.2) is 22.7 Å². The second-order valence-electron chi connectivity index (χ2n) is 4.49. The first-order valence-electron chi connectivity index (χ1n) is 6.07. The number of ether oxygens (including phenoxy) is 1. The fourth-order valence-corrected chi connectivity index (χ4v) is 1.95. The molecule has 0 radical (unpaired) electrons. The SMILES string of the molecule is CCC(CCN(C)C)Oc1cc(Br)ccc1C#N. The zero-order chi connectivity index (χ0) is 13.5.